The summed E-state index contributed by atoms with van der Waals surface area (Å²) in [4.78, 5) is 14.4. The minimum atomic E-state index is -4.11. The molecule has 0 saturated carbocycles. The van der Waals surface area contributed by atoms with E-state index in [4.69, 9.17) is 0 Å². The van der Waals surface area contributed by atoms with E-state index < -0.39 is 10.1 Å². The van der Waals surface area contributed by atoms with Gasteiger partial charge in [-0.15, -0.1) is 0 Å². The van der Waals surface area contributed by atoms with Gasteiger partial charge in [0.2, 0.25) is 0 Å². The fraction of sp³-hybridized carbons (Fsp3) is 0.667. The molecule has 1 aliphatic rings. The highest BCUT2D eigenvalue weighted by Crippen LogP contribution is 2.23. The van der Waals surface area contributed by atoms with Crippen molar-refractivity contribution in [1.29, 1.82) is 0 Å². The van der Waals surface area contributed by atoms with Gasteiger partial charge in [0.15, 0.2) is 0 Å². The number of rotatable bonds is 4. The Bertz CT molecular complexity index is 348. The number of hydrogen-bond acceptors (Lipinski definition) is 6. The quantitative estimate of drug-likeness (QED) is 0.529. The van der Waals surface area contributed by atoms with Gasteiger partial charge in [-0.05, 0) is 6.42 Å². The van der Waals surface area contributed by atoms with Crippen LogP contribution in [0.2, 0.25) is 0 Å². The number of carbonyl (C=O) groups is 1. The summed E-state index contributed by atoms with van der Waals surface area (Å²) in [6.07, 6.45) is 0.296. The van der Waals surface area contributed by atoms with Gasteiger partial charge in [-0.25, -0.2) is 8.42 Å². The lowest BCUT2D eigenvalue weighted by atomic mass is 10.6. The molecule has 14 heavy (non-hydrogen) atoms. The van der Waals surface area contributed by atoms with Crippen molar-refractivity contribution in [2.24, 2.45) is 4.99 Å². The summed E-state index contributed by atoms with van der Waals surface area (Å²) in [6.45, 7) is 0. The molecule has 0 aromatic rings. The van der Waals surface area contributed by atoms with E-state index in [1.165, 1.54) is 23.5 Å². The average molecular weight is 254 g/mol. The van der Waals surface area contributed by atoms with Gasteiger partial charge in [0.25, 0.3) is 5.91 Å². The van der Waals surface area contributed by atoms with Gasteiger partial charge in [-0.1, -0.05) is 23.5 Å². The summed E-state index contributed by atoms with van der Waals surface area (Å²) >= 11 is 2.66. The Hall–Kier alpha value is -0.0500. The van der Waals surface area contributed by atoms with Crippen molar-refractivity contribution < 1.29 is 17.8 Å². The second kappa shape index (κ2) is 5.15. The normalized spacial score (nSPS) is 17.2. The summed E-state index contributed by atoms with van der Waals surface area (Å²) in [5.74, 6) is 0.350. The van der Waals surface area contributed by atoms with E-state index in [9.17, 15) is 17.8 Å². The van der Waals surface area contributed by atoms with Gasteiger partial charge in [0.05, 0.1) is 15.9 Å². The molecule has 8 heteroatoms. The second-order valence-corrected chi connectivity index (χ2v) is 6.35. The van der Waals surface area contributed by atoms with Crippen LogP contribution in [0.5, 0.6) is 0 Å². The zero-order valence-electron chi connectivity index (χ0n) is 7.13. The van der Waals surface area contributed by atoms with E-state index in [-0.39, 0.29) is 11.7 Å². The minimum absolute atomic E-state index is 0.158. The maximum atomic E-state index is 10.7. The van der Waals surface area contributed by atoms with Crippen LogP contribution in [-0.4, -0.2) is 40.5 Å². The predicted molar refractivity (Wildman–Crippen MR) is 56.5 cm³/mol. The van der Waals surface area contributed by atoms with Gasteiger partial charge >= 0.3 is 0 Å². The molecule has 0 unspecified atom stereocenters. The summed E-state index contributed by atoms with van der Waals surface area (Å²) in [5.41, 5.74) is 0. The molecule has 5 nitrogen and oxygen atoms in total. The number of thioether (sulfide) groups is 2. The first-order chi connectivity index (χ1) is 6.47. The van der Waals surface area contributed by atoms with Crippen molar-refractivity contribution in [2.75, 3.05) is 17.3 Å². The third kappa shape index (κ3) is 4.99. The molecular weight excluding hydrogens is 246 g/mol. The van der Waals surface area contributed by atoms with Gasteiger partial charge in [0.1, 0.15) is 4.38 Å². The molecule has 1 aliphatic heterocycles. The Morgan fingerprint density at radius 1 is 1.57 bits per heavy atom. The van der Waals surface area contributed by atoms with Crippen LogP contribution < -0.4 is 0 Å². The first kappa shape index (κ1) is 12.0. The van der Waals surface area contributed by atoms with Gasteiger partial charge in [-0.3, -0.25) is 4.79 Å². The number of carbonyl (C=O) groups excluding carboxylic acids is 1. The van der Waals surface area contributed by atoms with Crippen LogP contribution in [0.4, 0.5) is 0 Å². The molecule has 0 aliphatic carbocycles. The van der Waals surface area contributed by atoms with Crippen LogP contribution in [0, 0.1) is 0 Å². The standard InChI is InChI=1S/C6H9NO4S3/c8-5-4-13-6(7-5)12-2-1-3-14(9,10)11/h1-4H2,(H,9,10,11)/p-1. The fourth-order valence-electron chi connectivity index (χ4n) is 0.759. The summed E-state index contributed by atoms with van der Waals surface area (Å²) < 4.78 is 31.3. The second-order valence-electron chi connectivity index (χ2n) is 2.52. The van der Waals surface area contributed by atoms with Crippen LogP contribution in [0.3, 0.4) is 0 Å². The van der Waals surface area contributed by atoms with E-state index in [0.29, 0.717) is 22.3 Å². The van der Waals surface area contributed by atoms with Gasteiger partial charge in [-0.2, -0.15) is 4.99 Å². The summed E-state index contributed by atoms with van der Waals surface area (Å²) in [7, 11) is -4.11. The van der Waals surface area contributed by atoms with Crippen molar-refractivity contribution in [3.8, 4) is 0 Å². The third-order valence-corrected chi connectivity index (χ3v) is 4.36. The Kier molecular flexibility index (Phi) is 4.42. The Balaban J connectivity index is 2.17. The Morgan fingerprint density at radius 3 is 2.79 bits per heavy atom. The van der Waals surface area contributed by atoms with Crippen LogP contribution >= 0.6 is 23.5 Å². The molecule has 0 aromatic carbocycles. The monoisotopic (exact) mass is 254 g/mol. The molecule has 1 rings (SSSR count). The average Bonchev–Trinajstić information content (AvgIpc) is 2.44. The van der Waals surface area contributed by atoms with Crippen LogP contribution in [-0.2, 0) is 14.9 Å². The fourth-order valence-corrected chi connectivity index (χ4v) is 3.31. The molecule has 0 radical (unpaired) electrons. The smallest absolute Gasteiger partial charge is 0.257 e. The lowest BCUT2D eigenvalue weighted by Crippen LogP contribution is -2.05. The molecule has 0 saturated heterocycles. The van der Waals surface area contributed by atoms with E-state index in [2.05, 4.69) is 4.99 Å². The molecule has 0 atom stereocenters. The molecule has 0 fully saturated rings. The molecule has 0 aromatic heterocycles. The van der Waals surface area contributed by atoms with E-state index in [1.807, 2.05) is 0 Å². The minimum Gasteiger partial charge on any atom is -0.748 e. The van der Waals surface area contributed by atoms with Crippen molar-refractivity contribution in [3.05, 3.63) is 0 Å². The molecule has 80 valence electrons. The van der Waals surface area contributed by atoms with Gasteiger partial charge < -0.3 is 4.55 Å². The Labute approximate surface area is 90.5 Å². The number of amides is 1. The highest BCUT2D eigenvalue weighted by molar-refractivity contribution is 8.39. The van der Waals surface area contributed by atoms with Crippen molar-refractivity contribution in [1.82, 2.24) is 0 Å². The van der Waals surface area contributed by atoms with Crippen LogP contribution in [0.25, 0.3) is 0 Å². The number of aliphatic imine (C=N–C) groups is 1. The van der Waals surface area contributed by atoms with Crippen molar-refractivity contribution >= 4 is 43.9 Å². The number of nitrogens with zero attached hydrogens (tertiary/aromatic N) is 1. The maximum Gasteiger partial charge on any atom is 0.257 e. The van der Waals surface area contributed by atoms with Crippen LogP contribution in [0.1, 0.15) is 6.42 Å². The third-order valence-electron chi connectivity index (χ3n) is 1.30. The predicted octanol–water partition coefficient (Wildman–Crippen LogP) is 0.284. The van der Waals surface area contributed by atoms with E-state index in [1.54, 1.807) is 0 Å². The first-order valence-electron chi connectivity index (χ1n) is 3.78. The first-order valence-corrected chi connectivity index (χ1v) is 7.33. The lowest BCUT2D eigenvalue weighted by molar-refractivity contribution is -0.115. The zero-order chi connectivity index (χ0) is 10.6. The topological polar surface area (TPSA) is 86.6 Å². The van der Waals surface area contributed by atoms with Crippen molar-refractivity contribution in [3.63, 3.8) is 0 Å². The summed E-state index contributed by atoms with van der Waals surface area (Å²) in [5, 5.41) is 0. The molecule has 1 heterocycles. The molecule has 1 amide bonds. The molecule has 0 N–H and O–H groups in total. The molecule has 0 bridgehead atoms. The zero-order valence-corrected chi connectivity index (χ0v) is 9.58. The van der Waals surface area contributed by atoms with Crippen LogP contribution in [0.15, 0.2) is 4.99 Å². The maximum absolute atomic E-state index is 10.7. The largest absolute Gasteiger partial charge is 0.748 e. The lowest BCUT2D eigenvalue weighted by Gasteiger charge is -2.05. The van der Waals surface area contributed by atoms with E-state index in [0.717, 1.165) is 0 Å². The SMILES string of the molecule is O=C1CSC(SCCCS(=O)(=O)[O-])=N1. The van der Waals surface area contributed by atoms with Gasteiger partial charge in [0, 0.05) is 11.5 Å². The van der Waals surface area contributed by atoms with Crippen molar-refractivity contribution in [2.45, 2.75) is 6.42 Å². The van der Waals surface area contributed by atoms with E-state index >= 15 is 0 Å². The molecular formula is C6H8NO4S3-. The molecule has 0 spiro atoms. The summed E-state index contributed by atoms with van der Waals surface area (Å²) in [6, 6.07) is 0. The highest BCUT2D eigenvalue weighted by Gasteiger charge is 2.14. The number of hydrogen-bond donors (Lipinski definition) is 0. The Morgan fingerprint density at radius 2 is 2.29 bits per heavy atom. The highest BCUT2D eigenvalue weighted by atomic mass is 32.2.